The molecule has 0 bridgehead atoms. The van der Waals surface area contributed by atoms with Gasteiger partial charge in [-0.3, -0.25) is 13.7 Å². The molecule has 28 heteroatoms. The molecule has 0 saturated carbocycles. The van der Waals surface area contributed by atoms with E-state index in [1.807, 2.05) is 0 Å². The van der Waals surface area contributed by atoms with Crippen molar-refractivity contribution < 1.29 is 58.6 Å². The van der Waals surface area contributed by atoms with E-state index in [0.717, 1.165) is 35.0 Å². The number of fused-ring (bicyclic) bond motifs is 1. The number of aromatic hydroxyl groups is 1. The van der Waals surface area contributed by atoms with Crippen molar-refractivity contribution in [2.45, 2.75) is 33.4 Å². The zero-order valence-electron chi connectivity index (χ0n) is 28.8. The summed E-state index contributed by atoms with van der Waals surface area (Å²) in [6.45, 7) is 3.02. The van der Waals surface area contributed by atoms with Crippen molar-refractivity contribution in [1.82, 2.24) is 19.6 Å². The number of nitrogen functional groups attached to an aromatic ring is 1. The molecule has 0 radical (unpaired) electrons. The van der Waals surface area contributed by atoms with Gasteiger partial charge >= 0.3 is 0 Å². The van der Waals surface area contributed by atoms with Crippen molar-refractivity contribution in [3.8, 4) is 17.1 Å². The first-order chi connectivity index (χ1) is 27.1. The van der Waals surface area contributed by atoms with Crippen LogP contribution in [0.4, 0.5) is 28.7 Å². The van der Waals surface area contributed by atoms with E-state index < -0.39 is 67.9 Å². The number of azo groups is 2. The number of phenols is 1. The quantitative estimate of drug-likeness (QED) is 0.0174. The van der Waals surface area contributed by atoms with Crippen molar-refractivity contribution in [3.63, 3.8) is 0 Å². The van der Waals surface area contributed by atoms with Gasteiger partial charge in [0.05, 0.1) is 60.6 Å². The predicted octanol–water partition coefficient (Wildman–Crippen LogP) is 7.42. The van der Waals surface area contributed by atoms with Crippen LogP contribution in [0.2, 0.25) is 10.0 Å². The van der Waals surface area contributed by atoms with Crippen LogP contribution in [0.5, 0.6) is 5.75 Å². The number of rotatable bonds is 12. The lowest BCUT2D eigenvalue weighted by atomic mass is 10.1. The van der Waals surface area contributed by atoms with E-state index in [4.69, 9.17) is 34.2 Å². The largest absolute Gasteiger partial charge is 0.505 e. The molecule has 4 aromatic carbocycles. The standard InChI is InChI=1S/C30H23Cl2N9O13S4/c1-13-23(31)29(40(38-13)16-3-7-18(8-4-16)56(44,45)46)36-34-26-20(55-54-53-43)11-15-12-21(58(50,51)52)27(25(33)22(15)28(26)42)35-37-30-24(32)14(2)39-41(30)17-5-9-19(10-6-17)57(47,48)49/h3-12,42-43H,33H2,1-2H3,(H,44,45,46)(H,47,48,49)(H,50,51,52). The van der Waals surface area contributed by atoms with Crippen molar-refractivity contribution in [1.29, 1.82) is 0 Å². The molecule has 0 atom stereocenters. The smallest absolute Gasteiger partial charge is 0.296 e. The molecule has 58 heavy (non-hydrogen) atoms. The highest BCUT2D eigenvalue weighted by atomic mass is 35.5. The number of nitrogens with zero attached hydrogens (tertiary/aromatic N) is 8. The fraction of sp³-hybridized carbons (Fsp3) is 0.0667. The second-order valence-electron chi connectivity index (χ2n) is 11.6. The molecule has 0 aliphatic heterocycles. The van der Waals surface area contributed by atoms with Crippen molar-refractivity contribution in [3.05, 3.63) is 82.1 Å². The number of halogens is 2. The van der Waals surface area contributed by atoms with Crippen LogP contribution in [0, 0.1) is 13.8 Å². The highest BCUT2D eigenvalue weighted by Gasteiger charge is 2.27. The van der Waals surface area contributed by atoms with Crippen molar-refractivity contribution >= 4 is 105 Å². The minimum Gasteiger partial charge on any atom is -0.505 e. The molecule has 2 heterocycles. The Hall–Kier alpha value is -5.10. The van der Waals surface area contributed by atoms with Crippen LogP contribution in [-0.2, 0) is 39.7 Å². The summed E-state index contributed by atoms with van der Waals surface area (Å²) >= 11 is 13.2. The number of aromatic nitrogens is 4. The Balaban J connectivity index is 1.52. The molecule has 2 aromatic heterocycles. The third-order valence-electron chi connectivity index (χ3n) is 7.92. The molecule has 0 spiro atoms. The Labute approximate surface area is 340 Å². The Morgan fingerprint density at radius 1 is 0.707 bits per heavy atom. The lowest BCUT2D eigenvalue weighted by molar-refractivity contribution is -0.432. The Morgan fingerprint density at radius 3 is 1.57 bits per heavy atom. The van der Waals surface area contributed by atoms with Gasteiger partial charge in [-0.1, -0.05) is 28.2 Å². The monoisotopic (exact) mass is 915 g/mol. The summed E-state index contributed by atoms with van der Waals surface area (Å²) in [6, 6.07) is 11.5. The molecule has 0 aliphatic rings. The summed E-state index contributed by atoms with van der Waals surface area (Å²) in [5.41, 5.74) is 5.57. The average Bonchev–Trinajstić information content (AvgIpc) is 3.60. The van der Waals surface area contributed by atoms with Gasteiger partial charge in [0.2, 0.25) is 0 Å². The van der Waals surface area contributed by atoms with Crippen LogP contribution in [-0.4, -0.2) is 68.8 Å². The van der Waals surface area contributed by atoms with E-state index in [-0.39, 0.29) is 72.2 Å². The minimum absolute atomic E-state index is 0.0328. The Morgan fingerprint density at radius 2 is 1.16 bits per heavy atom. The first-order valence-electron chi connectivity index (χ1n) is 15.4. The predicted molar refractivity (Wildman–Crippen MR) is 205 cm³/mol. The fourth-order valence-electron chi connectivity index (χ4n) is 5.26. The van der Waals surface area contributed by atoms with E-state index in [1.165, 1.54) is 48.9 Å². The lowest BCUT2D eigenvalue weighted by Crippen LogP contribution is -2.02. The molecular weight excluding hydrogens is 894 g/mol. The third-order valence-corrected chi connectivity index (χ3v) is 12.0. The third kappa shape index (κ3) is 8.39. The SMILES string of the molecule is Cc1nn(-c2ccc(S(=O)(=O)O)cc2)c(N=Nc2c(S(=O)(=O)O)cc3cc(SOOO)c(N=Nc4c(Cl)c(C)nn4-c4ccc(S(=O)(=O)O)cc4)c(O)c3c2N)c1Cl. The summed E-state index contributed by atoms with van der Waals surface area (Å²) in [6.07, 6.45) is 0. The van der Waals surface area contributed by atoms with Crippen molar-refractivity contribution in [2.75, 3.05) is 5.73 Å². The first kappa shape index (κ1) is 42.5. The van der Waals surface area contributed by atoms with Gasteiger partial charge in [0.1, 0.15) is 26.3 Å². The fourth-order valence-corrected chi connectivity index (χ4v) is 7.70. The maximum Gasteiger partial charge on any atom is 0.296 e. The zero-order valence-corrected chi connectivity index (χ0v) is 33.6. The van der Waals surface area contributed by atoms with Gasteiger partial charge in [0.15, 0.2) is 17.4 Å². The van der Waals surface area contributed by atoms with E-state index in [2.05, 4.69) is 40.0 Å². The highest BCUT2D eigenvalue weighted by molar-refractivity contribution is 7.94. The maximum absolute atomic E-state index is 12.7. The van der Waals surface area contributed by atoms with E-state index in [1.54, 1.807) is 0 Å². The molecule has 0 fully saturated rings. The lowest BCUT2D eigenvalue weighted by Gasteiger charge is -2.14. The number of hydrogen-bond acceptors (Lipinski definition) is 18. The average molecular weight is 917 g/mol. The first-order valence-corrected chi connectivity index (χ1v) is 21.2. The van der Waals surface area contributed by atoms with Gasteiger partial charge in [0.25, 0.3) is 30.4 Å². The highest BCUT2D eigenvalue weighted by Crippen LogP contribution is 2.50. The van der Waals surface area contributed by atoms with Crippen LogP contribution in [0.15, 0.2) is 101 Å². The molecule has 6 aromatic rings. The summed E-state index contributed by atoms with van der Waals surface area (Å²) in [5, 5.41) is 48.4. The van der Waals surface area contributed by atoms with Crippen LogP contribution < -0.4 is 5.73 Å². The number of phenolic OH excluding ortho intramolecular Hbond substituents is 1. The molecule has 0 unspecified atom stereocenters. The maximum atomic E-state index is 12.7. The summed E-state index contributed by atoms with van der Waals surface area (Å²) in [5.74, 6) is -1.15. The molecule has 304 valence electrons. The Bertz CT molecular complexity index is 3030. The second-order valence-corrected chi connectivity index (χ2v) is 17.3. The van der Waals surface area contributed by atoms with Gasteiger partial charge < -0.3 is 10.8 Å². The number of hydrogen-bond donors (Lipinski definition) is 6. The summed E-state index contributed by atoms with van der Waals surface area (Å²) in [4.78, 5) is -1.91. The van der Waals surface area contributed by atoms with Gasteiger partial charge in [0, 0.05) is 0 Å². The molecule has 7 N–H and O–H groups in total. The van der Waals surface area contributed by atoms with Crippen LogP contribution >= 0.6 is 35.2 Å². The van der Waals surface area contributed by atoms with Gasteiger partial charge in [-0.05, 0) is 79.9 Å². The van der Waals surface area contributed by atoms with E-state index in [0.29, 0.717) is 0 Å². The zero-order chi connectivity index (χ0) is 42.5. The van der Waals surface area contributed by atoms with Gasteiger partial charge in [-0.15, -0.1) is 24.8 Å². The molecule has 6 rings (SSSR count). The molecular formula is C30H23Cl2N9O13S4. The van der Waals surface area contributed by atoms with Crippen LogP contribution in [0.3, 0.4) is 0 Å². The van der Waals surface area contributed by atoms with Crippen LogP contribution in [0.25, 0.3) is 22.1 Å². The number of aryl methyl sites for hydroxylation is 2. The normalized spacial score (nSPS) is 12.8. The van der Waals surface area contributed by atoms with E-state index in [9.17, 15) is 44.0 Å². The molecule has 0 saturated heterocycles. The Kier molecular flexibility index (Phi) is 11.7. The second kappa shape index (κ2) is 15.9. The molecule has 0 aliphatic carbocycles. The van der Waals surface area contributed by atoms with Crippen molar-refractivity contribution in [2.24, 2.45) is 20.5 Å². The molecule has 0 amide bonds. The van der Waals surface area contributed by atoms with E-state index >= 15 is 0 Å². The molecule has 22 nitrogen and oxygen atoms in total. The minimum atomic E-state index is -5.15. The number of anilines is 1. The number of nitrogens with two attached hydrogens (primary N) is 1. The summed E-state index contributed by atoms with van der Waals surface area (Å²) < 4.78 is 107. The van der Waals surface area contributed by atoms with Crippen LogP contribution in [0.1, 0.15) is 11.4 Å². The number of benzene rings is 4. The topological polar surface area (TPSA) is 333 Å². The van der Waals surface area contributed by atoms with Gasteiger partial charge in [-0.25, -0.2) is 14.6 Å². The summed E-state index contributed by atoms with van der Waals surface area (Å²) in [7, 11) is -14.2. The van der Waals surface area contributed by atoms with Gasteiger partial charge in [-0.2, -0.15) is 35.5 Å².